The minimum Gasteiger partial charge on any atom is -0.444 e. The van der Waals surface area contributed by atoms with E-state index in [9.17, 15) is 19.2 Å². The van der Waals surface area contributed by atoms with Gasteiger partial charge in [0.1, 0.15) is 5.60 Å². The van der Waals surface area contributed by atoms with Crippen LogP contribution in [0.5, 0.6) is 0 Å². The standard InChI is InChI=1S/C28H39N3O4.C27H35N3O3/c1-28(2,3)35-27(33)29-21-9-12-31(17-21)26(32)20-6-8-25-23(16-20)22-15-19(5-7-24(22)30(25)4)18-10-13-34-14-11-18;1-29-24-6-4-19(17-9-12-33-13-10-17)14-22(24)23-15-20(5-7-25(23)29)27(32)30-11-8-21(16-30)28-26(31)18-2-3-18/h6,8,16,18-19,21H,5,7,9-15,17H2,1-4H3,(H,29,33);5,7,15,17-19,21H,2-4,6,8-14,16H2,1H3,(H,28,31)/t2*19?,21-/m00/s1. The average molecular weight is 931 g/mol. The fourth-order valence-electron chi connectivity index (χ4n) is 12.7. The van der Waals surface area contributed by atoms with Crippen LogP contribution in [0.1, 0.15) is 128 Å². The normalized spacial score (nSPS) is 24.6. The molecule has 366 valence electrons. The van der Waals surface area contributed by atoms with E-state index in [2.05, 4.69) is 58.1 Å². The molecule has 4 aromatic rings. The van der Waals surface area contributed by atoms with E-state index in [1.54, 1.807) is 0 Å². The van der Waals surface area contributed by atoms with Crippen molar-refractivity contribution >= 4 is 45.6 Å². The number of hydrogen-bond acceptors (Lipinski definition) is 7. The zero-order valence-corrected chi connectivity index (χ0v) is 41.2. The lowest BCUT2D eigenvalue weighted by Gasteiger charge is -2.33. The van der Waals surface area contributed by atoms with E-state index >= 15 is 0 Å². The molecule has 11 rings (SSSR count). The molecule has 4 aliphatic heterocycles. The summed E-state index contributed by atoms with van der Waals surface area (Å²) in [4.78, 5) is 54.8. The Bertz CT molecular complexity index is 2540. The molecular weight excluding hydrogens is 857 g/mol. The van der Waals surface area contributed by atoms with Gasteiger partial charge in [0.05, 0.1) is 6.04 Å². The predicted molar refractivity (Wildman–Crippen MR) is 263 cm³/mol. The molecule has 13 heteroatoms. The quantitative estimate of drug-likeness (QED) is 0.192. The van der Waals surface area contributed by atoms with Crippen LogP contribution in [0.3, 0.4) is 0 Å². The van der Waals surface area contributed by atoms with E-state index in [0.29, 0.717) is 32.1 Å². The molecule has 2 aromatic carbocycles. The number of benzene rings is 2. The van der Waals surface area contributed by atoms with Gasteiger partial charge < -0.3 is 43.8 Å². The van der Waals surface area contributed by atoms with Crippen molar-refractivity contribution in [3.05, 3.63) is 70.0 Å². The number of nitrogens with one attached hydrogen (secondary N) is 2. The van der Waals surface area contributed by atoms with E-state index in [4.69, 9.17) is 14.2 Å². The second-order valence-electron chi connectivity index (χ2n) is 22.2. The minimum atomic E-state index is -0.536. The average Bonchev–Trinajstić information content (AvgIpc) is 3.67. The summed E-state index contributed by atoms with van der Waals surface area (Å²) in [5.41, 5.74) is 9.19. The Morgan fingerprint density at radius 3 is 1.49 bits per heavy atom. The molecule has 4 atom stereocenters. The lowest BCUT2D eigenvalue weighted by Crippen LogP contribution is -2.41. The number of likely N-dealkylation sites (tertiary alicyclic amines) is 2. The van der Waals surface area contributed by atoms with Gasteiger partial charge in [0, 0.05) is 123 Å². The zero-order chi connectivity index (χ0) is 47.3. The van der Waals surface area contributed by atoms with E-state index in [-0.39, 0.29) is 35.7 Å². The van der Waals surface area contributed by atoms with Gasteiger partial charge >= 0.3 is 6.09 Å². The van der Waals surface area contributed by atoms with Gasteiger partial charge in [0.2, 0.25) is 5.91 Å². The Morgan fingerprint density at radius 1 is 0.588 bits per heavy atom. The van der Waals surface area contributed by atoms with Crippen molar-refractivity contribution < 1.29 is 33.4 Å². The number of carbonyl (C=O) groups is 4. The Morgan fingerprint density at radius 2 is 1.04 bits per heavy atom. The Labute approximate surface area is 401 Å². The number of rotatable bonds is 7. The molecule has 2 aromatic heterocycles. The van der Waals surface area contributed by atoms with E-state index in [0.717, 1.165) is 107 Å². The van der Waals surface area contributed by atoms with Crippen molar-refractivity contribution in [2.24, 2.45) is 43.7 Å². The van der Waals surface area contributed by atoms with Gasteiger partial charge in [-0.25, -0.2) is 4.79 Å². The number of aryl methyl sites for hydroxylation is 2. The topological polar surface area (TPSA) is 136 Å². The van der Waals surface area contributed by atoms with E-state index in [1.807, 2.05) is 42.7 Å². The smallest absolute Gasteiger partial charge is 0.407 e. The van der Waals surface area contributed by atoms with E-state index in [1.165, 1.54) is 82.8 Å². The minimum absolute atomic E-state index is 0.0368. The Kier molecular flexibility index (Phi) is 13.4. The molecule has 0 spiro atoms. The molecule has 2 unspecified atom stereocenters. The van der Waals surface area contributed by atoms with Gasteiger partial charge in [0.15, 0.2) is 0 Å². The van der Waals surface area contributed by atoms with Crippen molar-refractivity contribution in [3.63, 3.8) is 0 Å². The zero-order valence-electron chi connectivity index (χ0n) is 41.2. The monoisotopic (exact) mass is 931 g/mol. The maximum absolute atomic E-state index is 13.4. The highest BCUT2D eigenvalue weighted by atomic mass is 16.6. The van der Waals surface area contributed by atoms with Gasteiger partial charge in [-0.05, 0) is 182 Å². The number of ether oxygens (including phenoxy) is 3. The molecule has 13 nitrogen and oxygen atoms in total. The molecule has 3 aliphatic carbocycles. The molecule has 7 aliphatic rings. The van der Waals surface area contributed by atoms with Gasteiger partial charge in [-0.1, -0.05) is 0 Å². The summed E-state index contributed by atoms with van der Waals surface area (Å²) in [7, 11) is 4.33. The lowest BCUT2D eigenvalue weighted by molar-refractivity contribution is -0.122. The third-order valence-corrected chi connectivity index (χ3v) is 16.6. The number of nitrogens with zero attached hydrogens (tertiary/aromatic N) is 4. The van der Waals surface area contributed by atoms with Crippen molar-refractivity contribution in [1.29, 1.82) is 0 Å². The molecule has 5 fully saturated rings. The van der Waals surface area contributed by atoms with Crippen LogP contribution >= 0.6 is 0 Å². The lowest BCUT2D eigenvalue weighted by atomic mass is 9.75. The summed E-state index contributed by atoms with van der Waals surface area (Å²) < 4.78 is 21.2. The number of fused-ring (bicyclic) bond motifs is 6. The first-order chi connectivity index (χ1) is 32.8. The summed E-state index contributed by atoms with van der Waals surface area (Å²) >= 11 is 0. The molecule has 4 saturated heterocycles. The first kappa shape index (κ1) is 46.8. The molecule has 6 heterocycles. The third kappa shape index (κ3) is 9.93. The molecule has 4 amide bonds. The van der Waals surface area contributed by atoms with Crippen LogP contribution in [0.4, 0.5) is 4.79 Å². The molecule has 1 saturated carbocycles. The molecular formula is C55H74N6O7. The summed E-state index contributed by atoms with van der Waals surface area (Å²) in [5.74, 6) is 3.45. The molecule has 68 heavy (non-hydrogen) atoms. The van der Waals surface area contributed by atoms with Crippen molar-refractivity contribution in [2.45, 2.75) is 128 Å². The number of alkyl carbamates (subject to hydrolysis) is 1. The van der Waals surface area contributed by atoms with Gasteiger partial charge in [-0.2, -0.15) is 0 Å². The Hall–Kier alpha value is -4.88. The maximum atomic E-state index is 13.4. The summed E-state index contributed by atoms with van der Waals surface area (Å²) in [6.07, 6.45) is 14.8. The van der Waals surface area contributed by atoms with Crippen LogP contribution < -0.4 is 10.6 Å². The van der Waals surface area contributed by atoms with Crippen molar-refractivity contribution in [2.75, 3.05) is 52.6 Å². The fourth-order valence-corrected chi connectivity index (χ4v) is 12.7. The van der Waals surface area contributed by atoms with Crippen LogP contribution in [0.25, 0.3) is 21.8 Å². The second kappa shape index (κ2) is 19.5. The molecule has 0 bridgehead atoms. The first-order valence-corrected chi connectivity index (χ1v) is 26.0. The predicted octanol–water partition coefficient (Wildman–Crippen LogP) is 7.90. The number of amides is 4. The molecule has 2 N–H and O–H groups in total. The van der Waals surface area contributed by atoms with E-state index < -0.39 is 11.7 Å². The van der Waals surface area contributed by atoms with Crippen molar-refractivity contribution in [1.82, 2.24) is 29.6 Å². The van der Waals surface area contributed by atoms with Crippen LogP contribution in [0.15, 0.2) is 36.4 Å². The highest BCUT2D eigenvalue weighted by molar-refractivity contribution is 6.00. The van der Waals surface area contributed by atoms with Crippen molar-refractivity contribution in [3.8, 4) is 0 Å². The van der Waals surface area contributed by atoms with Gasteiger partial charge in [-0.15, -0.1) is 0 Å². The van der Waals surface area contributed by atoms with Gasteiger partial charge in [0.25, 0.3) is 11.8 Å². The summed E-state index contributed by atoms with van der Waals surface area (Å²) in [6.45, 7) is 11.6. The SMILES string of the molecule is Cn1c2c(c3cc(C(=O)N4CC[C@H](NC(=O)C5CC5)C4)ccc31)CC(C1CCOCC1)CC2.Cn1c2c(c3cc(C(=O)N4CC[C@H](NC(=O)OC(C)(C)C)C4)ccc31)CC(C1CCOCC1)CC2. The van der Waals surface area contributed by atoms with Crippen LogP contribution in [-0.4, -0.2) is 113 Å². The largest absolute Gasteiger partial charge is 0.444 e. The fraction of sp³-hybridized carbons (Fsp3) is 0.636. The van der Waals surface area contributed by atoms with Gasteiger partial charge in [-0.3, -0.25) is 14.4 Å². The summed E-state index contributed by atoms with van der Waals surface area (Å²) in [6, 6.07) is 12.4. The van der Waals surface area contributed by atoms with Crippen LogP contribution in [0.2, 0.25) is 0 Å². The molecule has 0 radical (unpaired) electrons. The third-order valence-electron chi connectivity index (χ3n) is 16.6. The first-order valence-electron chi connectivity index (χ1n) is 26.0. The number of aromatic nitrogens is 2. The summed E-state index contributed by atoms with van der Waals surface area (Å²) in [5, 5.41) is 8.54. The highest BCUT2D eigenvalue weighted by Crippen LogP contribution is 2.41. The maximum Gasteiger partial charge on any atom is 0.407 e. The van der Waals surface area contributed by atoms with Crippen LogP contribution in [0, 0.1) is 29.6 Å². The number of hydrogen-bond donors (Lipinski definition) is 2. The second-order valence-corrected chi connectivity index (χ2v) is 22.2. The highest BCUT2D eigenvalue weighted by Gasteiger charge is 2.36. The Balaban J connectivity index is 0.000000159. The number of carbonyl (C=O) groups excluding carboxylic acids is 4. The van der Waals surface area contributed by atoms with Crippen LogP contribution in [-0.2, 0) is 58.8 Å².